The van der Waals surface area contributed by atoms with E-state index in [0.717, 1.165) is 0 Å². The van der Waals surface area contributed by atoms with Gasteiger partial charge in [0.2, 0.25) is 11.8 Å². The third-order valence-electron chi connectivity index (χ3n) is 2.61. The van der Waals surface area contributed by atoms with E-state index in [1.54, 1.807) is 6.07 Å². The molecule has 1 aromatic carbocycles. The minimum absolute atomic E-state index is 0.00959. The standard InChI is InChI=1S/C12H10Cl2N2O3/c13-7-1-2-9(14)8(3-7)10(17)4-16-5-11(18)15-12(19)6-16/h1-3H,4-6H2,(H,15,18,19). The average Bonchev–Trinajstić information content (AvgIpc) is 2.30. The fraction of sp³-hybridized carbons (Fsp3) is 0.250. The Hall–Kier alpha value is -1.43. The van der Waals surface area contributed by atoms with Gasteiger partial charge in [-0.2, -0.15) is 0 Å². The highest BCUT2D eigenvalue weighted by Gasteiger charge is 2.25. The molecule has 19 heavy (non-hydrogen) atoms. The molecule has 0 spiro atoms. The van der Waals surface area contributed by atoms with Crippen LogP contribution in [0.25, 0.3) is 0 Å². The monoisotopic (exact) mass is 300 g/mol. The highest BCUT2D eigenvalue weighted by atomic mass is 35.5. The number of carbonyl (C=O) groups is 3. The molecule has 1 aliphatic rings. The van der Waals surface area contributed by atoms with Gasteiger partial charge in [0.25, 0.3) is 0 Å². The van der Waals surface area contributed by atoms with Crippen LogP contribution in [-0.4, -0.2) is 42.1 Å². The quantitative estimate of drug-likeness (QED) is 0.671. The summed E-state index contributed by atoms with van der Waals surface area (Å²) >= 11 is 11.7. The highest BCUT2D eigenvalue weighted by molar-refractivity contribution is 6.36. The molecule has 1 aromatic rings. The van der Waals surface area contributed by atoms with E-state index in [4.69, 9.17) is 23.2 Å². The molecule has 5 nitrogen and oxygen atoms in total. The summed E-state index contributed by atoms with van der Waals surface area (Å²) in [6, 6.07) is 4.59. The average molecular weight is 301 g/mol. The number of ketones is 1. The Balaban J connectivity index is 2.10. The molecule has 100 valence electrons. The van der Waals surface area contributed by atoms with Crippen LogP contribution in [0.15, 0.2) is 18.2 Å². The minimum atomic E-state index is -0.416. The Morgan fingerprint density at radius 1 is 1.21 bits per heavy atom. The van der Waals surface area contributed by atoms with E-state index in [9.17, 15) is 14.4 Å². The smallest absolute Gasteiger partial charge is 0.240 e. The molecule has 0 unspecified atom stereocenters. The third-order valence-corrected chi connectivity index (χ3v) is 3.17. The van der Waals surface area contributed by atoms with Gasteiger partial charge in [-0.1, -0.05) is 23.2 Å². The van der Waals surface area contributed by atoms with Crippen molar-refractivity contribution in [3.8, 4) is 0 Å². The summed E-state index contributed by atoms with van der Waals surface area (Å²) in [7, 11) is 0. The van der Waals surface area contributed by atoms with Crippen molar-refractivity contribution in [2.24, 2.45) is 0 Å². The number of carbonyl (C=O) groups excluding carboxylic acids is 3. The van der Waals surface area contributed by atoms with E-state index in [2.05, 4.69) is 5.32 Å². The summed E-state index contributed by atoms with van der Waals surface area (Å²) in [6.07, 6.45) is 0. The van der Waals surface area contributed by atoms with Gasteiger partial charge in [-0.15, -0.1) is 0 Å². The Labute approximate surface area is 119 Å². The Morgan fingerprint density at radius 2 is 1.84 bits per heavy atom. The molecule has 0 aliphatic carbocycles. The van der Waals surface area contributed by atoms with Crippen molar-refractivity contribution in [1.29, 1.82) is 0 Å². The number of imide groups is 1. The number of benzene rings is 1. The van der Waals surface area contributed by atoms with Gasteiger partial charge in [-0.3, -0.25) is 24.6 Å². The predicted octanol–water partition coefficient (Wildman–Crippen LogP) is 1.13. The van der Waals surface area contributed by atoms with Crippen molar-refractivity contribution in [2.75, 3.05) is 19.6 Å². The largest absolute Gasteiger partial charge is 0.294 e. The first kappa shape index (κ1) is 14.0. The van der Waals surface area contributed by atoms with Crippen LogP contribution >= 0.6 is 23.2 Å². The summed E-state index contributed by atoms with van der Waals surface area (Å²) in [6.45, 7) is -0.0372. The summed E-state index contributed by atoms with van der Waals surface area (Å²) in [4.78, 5) is 35.9. The van der Waals surface area contributed by atoms with E-state index in [1.807, 2.05) is 0 Å². The fourth-order valence-corrected chi connectivity index (χ4v) is 2.20. The second kappa shape index (κ2) is 5.69. The number of Topliss-reactive ketones (excluding diaryl/α,β-unsaturated/α-hetero) is 1. The van der Waals surface area contributed by atoms with Crippen LogP contribution in [0.4, 0.5) is 0 Å². The minimum Gasteiger partial charge on any atom is -0.294 e. The van der Waals surface area contributed by atoms with Crippen LogP contribution in [0.3, 0.4) is 0 Å². The van der Waals surface area contributed by atoms with E-state index in [-0.39, 0.29) is 31.0 Å². The lowest BCUT2D eigenvalue weighted by Crippen LogP contribution is -2.52. The molecule has 2 rings (SSSR count). The highest BCUT2D eigenvalue weighted by Crippen LogP contribution is 2.21. The van der Waals surface area contributed by atoms with Gasteiger partial charge in [0.15, 0.2) is 5.78 Å². The molecule has 1 N–H and O–H groups in total. The van der Waals surface area contributed by atoms with Gasteiger partial charge in [0.1, 0.15) is 0 Å². The van der Waals surface area contributed by atoms with Crippen molar-refractivity contribution in [1.82, 2.24) is 10.2 Å². The zero-order valence-electron chi connectivity index (χ0n) is 9.78. The van der Waals surface area contributed by atoms with Gasteiger partial charge in [0.05, 0.1) is 24.7 Å². The number of nitrogens with one attached hydrogen (secondary N) is 1. The molecule has 1 fully saturated rings. The third kappa shape index (κ3) is 3.53. The van der Waals surface area contributed by atoms with E-state index in [1.165, 1.54) is 17.0 Å². The molecule has 0 aromatic heterocycles. The van der Waals surface area contributed by atoms with E-state index >= 15 is 0 Å². The number of amides is 2. The van der Waals surface area contributed by atoms with Gasteiger partial charge in [-0.05, 0) is 18.2 Å². The van der Waals surface area contributed by atoms with Crippen molar-refractivity contribution >= 4 is 40.8 Å². The molecule has 0 saturated carbocycles. The maximum Gasteiger partial charge on any atom is 0.240 e. The van der Waals surface area contributed by atoms with Crippen LogP contribution in [0.1, 0.15) is 10.4 Å². The van der Waals surface area contributed by atoms with Gasteiger partial charge in [-0.25, -0.2) is 0 Å². The first-order valence-corrected chi connectivity index (χ1v) is 6.24. The Kier molecular flexibility index (Phi) is 4.19. The molecule has 1 saturated heterocycles. The van der Waals surface area contributed by atoms with Gasteiger partial charge in [0, 0.05) is 10.6 Å². The second-order valence-corrected chi connectivity index (χ2v) is 5.01. The number of hydrogen-bond acceptors (Lipinski definition) is 4. The lowest BCUT2D eigenvalue weighted by Gasteiger charge is -2.24. The van der Waals surface area contributed by atoms with E-state index < -0.39 is 11.8 Å². The normalized spacial score (nSPS) is 16.3. The number of rotatable bonds is 3. The van der Waals surface area contributed by atoms with Crippen molar-refractivity contribution in [2.45, 2.75) is 0 Å². The predicted molar refractivity (Wildman–Crippen MR) is 70.4 cm³/mol. The molecule has 2 amide bonds. The zero-order chi connectivity index (χ0) is 14.0. The molecule has 0 atom stereocenters. The van der Waals surface area contributed by atoms with Crippen molar-refractivity contribution in [3.05, 3.63) is 33.8 Å². The van der Waals surface area contributed by atoms with E-state index in [0.29, 0.717) is 10.0 Å². The summed E-state index contributed by atoms with van der Waals surface area (Å²) in [5, 5.41) is 2.86. The molecule has 1 heterocycles. The van der Waals surface area contributed by atoms with Crippen LogP contribution in [0, 0.1) is 0 Å². The molecule has 7 heteroatoms. The van der Waals surface area contributed by atoms with Crippen LogP contribution in [0.2, 0.25) is 10.0 Å². The summed E-state index contributed by atoms with van der Waals surface area (Å²) in [5.74, 6) is -1.11. The first-order valence-electron chi connectivity index (χ1n) is 5.49. The lowest BCUT2D eigenvalue weighted by atomic mass is 10.1. The number of hydrogen-bond donors (Lipinski definition) is 1. The summed E-state index contributed by atoms with van der Waals surface area (Å²) in [5.41, 5.74) is 0.285. The Morgan fingerprint density at radius 3 is 2.47 bits per heavy atom. The molecule has 1 aliphatic heterocycles. The van der Waals surface area contributed by atoms with Gasteiger partial charge >= 0.3 is 0 Å². The zero-order valence-corrected chi connectivity index (χ0v) is 11.3. The lowest BCUT2D eigenvalue weighted by molar-refractivity contribution is -0.135. The number of nitrogens with zero attached hydrogens (tertiary/aromatic N) is 1. The molecule has 0 bridgehead atoms. The van der Waals surface area contributed by atoms with Crippen molar-refractivity contribution < 1.29 is 14.4 Å². The maximum atomic E-state index is 12.1. The van der Waals surface area contributed by atoms with Crippen LogP contribution in [0.5, 0.6) is 0 Å². The first-order chi connectivity index (χ1) is 8.95. The van der Waals surface area contributed by atoms with Crippen molar-refractivity contribution in [3.63, 3.8) is 0 Å². The SMILES string of the molecule is O=C1CN(CC(=O)c2cc(Cl)ccc2Cl)CC(=O)N1. The number of halogens is 2. The fourth-order valence-electron chi connectivity index (χ4n) is 1.81. The van der Waals surface area contributed by atoms with Crippen LogP contribution < -0.4 is 5.32 Å². The summed E-state index contributed by atoms with van der Waals surface area (Å²) < 4.78 is 0. The van der Waals surface area contributed by atoms with Gasteiger partial charge < -0.3 is 0 Å². The molecular formula is C12H10Cl2N2O3. The number of piperazine rings is 1. The molecule has 0 radical (unpaired) electrons. The maximum absolute atomic E-state index is 12.1. The Bertz CT molecular complexity index is 544. The topological polar surface area (TPSA) is 66.5 Å². The molecular weight excluding hydrogens is 291 g/mol. The van der Waals surface area contributed by atoms with Crippen LogP contribution in [-0.2, 0) is 9.59 Å². The second-order valence-electron chi connectivity index (χ2n) is 4.16.